The number of nitrogens with zero attached hydrogens (tertiary/aromatic N) is 3. The molecule has 0 radical (unpaired) electrons. The number of hydrogen-bond acceptors (Lipinski definition) is 4. The Hall–Kier alpha value is -2.93. The van der Waals surface area contributed by atoms with Crippen LogP contribution in [0.5, 0.6) is 5.75 Å². The largest absolute Gasteiger partial charge is 0.486 e. The molecule has 2 aromatic carbocycles. The first kappa shape index (κ1) is 15.9. The van der Waals surface area contributed by atoms with Crippen LogP contribution in [0.25, 0.3) is 10.9 Å². The van der Waals surface area contributed by atoms with E-state index in [9.17, 15) is 5.26 Å². The second-order valence-corrected chi connectivity index (χ2v) is 5.65. The Balaban J connectivity index is 1.95. The maximum Gasteiger partial charge on any atom is 0.152 e. The SMILES string of the molecule is CCCCc1nnc2ccccc2c1OCc1ccccc1C#N. The first-order valence-corrected chi connectivity index (χ1v) is 8.18. The molecule has 0 spiro atoms. The first-order chi connectivity index (χ1) is 11.8. The van der Waals surface area contributed by atoms with Gasteiger partial charge in [-0.05, 0) is 31.0 Å². The van der Waals surface area contributed by atoms with Crippen molar-refractivity contribution in [2.45, 2.75) is 32.8 Å². The summed E-state index contributed by atoms with van der Waals surface area (Å²) < 4.78 is 6.12. The predicted molar refractivity (Wildman–Crippen MR) is 93.6 cm³/mol. The molecule has 4 nitrogen and oxygen atoms in total. The van der Waals surface area contributed by atoms with E-state index in [1.54, 1.807) is 6.07 Å². The van der Waals surface area contributed by atoms with Crippen molar-refractivity contribution >= 4 is 10.9 Å². The maximum absolute atomic E-state index is 9.23. The topological polar surface area (TPSA) is 58.8 Å². The molecule has 1 aromatic heterocycles. The lowest BCUT2D eigenvalue weighted by Gasteiger charge is -2.13. The van der Waals surface area contributed by atoms with E-state index < -0.39 is 0 Å². The molecule has 4 heteroatoms. The van der Waals surface area contributed by atoms with Crippen LogP contribution >= 0.6 is 0 Å². The average molecular weight is 317 g/mol. The molecular formula is C20H19N3O. The monoisotopic (exact) mass is 317 g/mol. The fourth-order valence-corrected chi connectivity index (χ4v) is 2.64. The number of ether oxygens (including phenoxy) is 1. The summed E-state index contributed by atoms with van der Waals surface area (Å²) in [5.74, 6) is 0.779. The summed E-state index contributed by atoms with van der Waals surface area (Å²) >= 11 is 0. The van der Waals surface area contributed by atoms with Gasteiger partial charge in [-0.3, -0.25) is 0 Å². The van der Waals surface area contributed by atoms with Crippen LogP contribution in [0.1, 0.15) is 36.6 Å². The van der Waals surface area contributed by atoms with Gasteiger partial charge in [-0.25, -0.2) is 0 Å². The van der Waals surface area contributed by atoms with Crippen molar-refractivity contribution in [3.8, 4) is 11.8 Å². The van der Waals surface area contributed by atoms with Crippen molar-refractivity contribution in [1.82, 2.24) is 10.2 Å². The molecule has 3 rings (SSSR count). The van der Waals surface area contributed by atoms with Crippen LogP contribution in [0.2, 0.25) is 0 Å². The van der Waals surface area contributed by atoms with Gasteiger partial charge < -0.3 is 4.74 Å². The zero-order chi connectivity index (χ0) is 16.8. The van der Waals surface area contributed by atoms with Gasteiger partial charge in [0.1, 0.15) is 12.3 Å². The molecule has 3 aromatic rings. The molecule has 0 fully saturated rings. The van der Waals surface area contributed by atoms with Gasteiger partial charge in [-0.1, -0.05) is 43.7 Å². The third kappa shape index (κ3) is 3.36. The Morgan fingerprint density at radius 3 is 2.67 bits per heavy atom. The second kappa shape index (κ2) is 7.56. The van der Waals surface area contributed by atoms with Crippen molar-refractivity contribution in [3.63, 3.8) is 0 Å². The number of benzene rings is 2. The average Bonchev–Trinajstić information content (AvgIpc) is 2.65. The van der Waals surface area contributed by atoms with E-state index in [1.807, 2.05) is 42.5 Å². The van der Waals surface area contributed by atoms with Crippen molar-refractivity contribution in [2.24, 2.45) is 0 Å². The predicted octanol–water partition coefficient (Wildman–Crippen LogP) is 4.42. The normalized spacial score (nSPS) is 10.5. The van der Waals surface area contributed by atoms with Crippen LogP contribution in [0.3, 0.4) is 0 Å². The number of unbranched alkanes of at least 4 members (excludes halogenated alkanes) is 1. The molecule has 24 heavy (non-hydrogen) atoms. The van der Waals surface area contributed by atoms with Gasteiger partial charge in [-0.2, -0.15) is 10.4 Å². The van der Waals surface area contributed by atoms with Crippen LogP contribution < -0.4 is 4.74 Å². The molecule has 1 heterocycles. The number of aryl methyl sites for hydroxylation is 1. The quantitative estimate of drug-likeness (QED) is 0.675. The van der Waals surface area contributed by atoms with E-state index in [4.69, 9.17) is 4.74 Å². The summed E-state index contributed by atoms with van der Waals surface area (Å²) in [7, 11) is 0. The van der Waals surface area contributed by atoms with E-state index in [-0.39, 0.29) is 0 Å². The smallest absolute Gasteiger partial charge is 0.152 e. The lowest BCUT2D eigenvalue weighted by Crippen LogP contribution is -2.04. The van der Waals surface area contributed by atoms with Gasteiger partial charge in [0.05, 0.1) is 17.1 Å². The van der Waals surface area contributed by atoms with E-state index in [0.717, 1.165) is 47.2 Å². The van der Waals surface area contributed by atoms with Crippen LogP contribution in [0.15, 0.2) is 48.5 Å². The molecule has 0 saturated heterocycles. The summed E-state index contributed by atoms with van der Waals surface area (Å²) in [5, 5.41) is 18.9. The molecule has 0 aliphatic carbocycles. The van der Waals surface area contributed by atoms with E-state index in [2.05, 4.69) is 23.2 Å². The van der Waals surface area contributed by atoms with Crippen LogP contribution in [0, 0.1) is 11.3 Å². The number of nitriles is 1. The molecule has 0 saturated carbocycles. The van der Waals surface area contributed by atoms with E-state index in [0.29, 0.717) is 12.2 Å². The molecule has 0 aliphatic heterocycles. The van der Waals surface area contributed by atoms with Crippen LogP contribution in [-0.4, -0.2) is 10.2 Å². The van der Waals surface area contributed by atoms with E-state index >= 15 is 0 Å². The Morgan fingerprint density at radius 2 is 1.83 bits per heavy atom. The fraction of sp³-hybridized carbons (Fsp3) is 0.250. The molecule has 120 valence electrons. The lowest BCUT2D eigenvalue weighted by atomic mass is 10.1. The Labute approximate surface area is 141 Å². The summed E-state index contributed by atoms with van der Waals surface area (Å²) in [4.78, 5) is 0. The molecule has 0 N–H and O–H groups in total. The van der Waals surface area contributed by atoms with Crippen molar-refractivity contribution in [1.29, 1.82) is 5.26 Å². The minimum atomic E-state index is 0.346. The fourth-order valence-electron chi connectivity index (χ4n) is 2.64. The maximum atomic E-state index is 9.23. The minimum absolute atomic E-state index is 0.346. The highest BCUT2D eigenvalue weighted by atomic mass is 16.5. The standard InChI is InChI=1S/C20H19N3O/c1-2-3-11-19-20(17-10-6-7-12-18(17)22-23-19)24-14-16-9-5-4-8-15(16)13-21/h4-10,12H,2-3,11,14H2,1H3. The molecule has 0 atom stereocenters. The van der Waals surface area contributed by atoms with Gasteiger partial charge in [0, 0.05) is 10.9 Å². The van der Waals surface area contributed by atoms with Crippen molar-refractivity contribution in [2.75, 3.05) is 0 Å². The van der Waals surface area contributed by atoms with Gasteiger partial charge >= 0.3 is 0 Å². The van der Waals surface area contributed by atoms with Crippen LogP contribution in [0.4, 0.5) is 0 Å². The van der Waals surface area contributed by atoms with Crippen molar-refractivity contribution < 1.29 is 4.74 Å². The summed E-state index contributed by atoms with van der Waals surface area (Å²) in [6.45, 7) is 2.50. The van der Waals surface area contributed by atoms with Gasteiger partial charge in [0.15, 0.2) is 5.75 Å². The summed E-state index contributed by atoms with van der Waals surface area (Å²) in [6, 6.07) is 17.6. The highest BCUT2D eigenvalue weighted by Gasteiger charge is 2.12. The van der Waals surface area contributed by atoms with Crippen LogP contribution in [-0.2, 0) is 13.0 Å². The second-order valence-electron chi connectivity index (χ2n) is 5.65. The number of aromatic nitrogens is 2. The number of rotatable bonds is 6. The highest BCUT2D eigenvalue weighted by molar-refractivity contribution is 5.85. The van der Waals surface area contributed by atoms with Crippen molar-refractivity contribution in [3.05, 3.63) is 65.4 Å². The molecule has 0 unspecified atom stereocenters. The van der Waals surface area contributed by atoms with Gasteiger partial charge in [-0.15, -0.1) is 5.10 Å². The number of fused-ring (bicyclic) bond motifs is 1. The summed E-state index contributed by atoms with van der Waals surface area (Å²) in [6.07, 6.45) is 2.97. The lowest BCUT2D eigenvalue weighted by molar-refractivity contribution is 0.304. The third-order valence-electron chi connectivity index (χ3n) is 3.97. The zero-order valence-electron chi connectivity index (χ0n) is 13.7. The Kier molecular flexibility index (Phi) is 5.02. The Bertz CT molecular complexity index is 883. The summed E-state index contributed by atoms with van der Waals surface area (Å²) in [5.41, 5.74) is 3.22. The minimum Gasteiger partial charge on any atom is -0.486 e. The molecule has 0 bridgehead atoms. The Morgan fingerprint density at radius 1 is 1.04 bits per heavy atom. The number of hydrogen-bond donors (Lipinski definition) is 0. The zero-order valence-corrected chi connectivity index (χ0v) is 13.7. The van der Waals surface area contributed by atoms with E-state index in [1.165, 1.54) is 0 Å². The van der Waals surface area contributed by atoms with Gasteiger partial charge in [0.25, 0.3) is 0 Å². The third-order valence-corrected chi connectivity index (χ3v) is 3.97. The first-order valence-electron chi connectivity index (χ1n) is 8.18. The molecule has 0 aliphatic rings. The molecule has 0 amide bonds. The van der Waals surface area contributed by atoms with Gasteiger partial charge in [0.2, 0.25) is 0 Å². The highest BCUT2D eigenvalue weighted by Crippen LogP contribution is 2.29. The molecular weight excluding hydrogens is 298 g/mol.